The predicted octanol–water partition coefficient (Wildman–Crippen LogP) is 4.81. The molecule has 13 heteroatoms. The van der Waals surface area contributed by atoms with Crippen molar-refractivity contribution in [3.63, 3.8) is 0 Å². The molecule has 3 aromatic carbocycles. The summed E-state index contributed by atoms with van der Waals surface area (Å²) in [7, 11) is 2.68. The normalized spacial score (nSPS) is 11.3. The van der Waals surface area contributed by atoms with E-state index in [1.807, 2.05) is 0 Å². The first-order chi connectivity index (χ1) is 19.3. The Morgan fingerprint density at radius 3 is 2.70 bits per heavy atom. The summed E-state index contributed by atoms with van der Waals surface area (Å²) < 4.78 is 22.4. The van der Waals surface area contributed by atoms with Gasteiger partial charge in [0, 0.05) is 16.7 Å². The minimum atomic E-state index is -0.760. The number of nitrogens with zero attached hydrogens (tertiary/aromatic N) is 4. The average molecular weight is 563 g/mol. The van der Waals surface area contributed by atoms with E-state index in [2.05, 4.69) is 14.8 Å². The van der Waals surface area contributed by atoms with E-state index in [9.17, 15) is 19.7 Å². The Hall–Kier alpha value is -5.23. The van der Waals surface area contributed by atoms with Crippen LogP contribution in [0.3, 0.4) is 0 Å². The molecule has 202 valence electrons. The minimum absolute atomic E-state index is 0.00662. The molecule has 0 bridgehead atoms. The van der Waals surface area contributed by atoms with Crippen molar-refractivity contribution < 1.29 is 28.3 Å². The molecule has 0 aliphatic heterocycles. The molecule has 40 heavy (non-hydrogen) atoms. The molecule has 2 aromatic heterocycles. The molecular formula is C27H19ClN4O8. The number of carbonyl (C=O) groups is 1. The van der Waals surface area contributed by atoms with E-state index in [1.165, 1.54) is 13.2 Å². The van der Waals surface area contributed by atoms with Gasteiger partial charge in [0.1, 0.15) is 11.3 Å². The summed E-state index contributed by atoms with van der Waals surface area (Å²) in [5, 5.41) is 17.0. The van der Waals surface area contributed by atoms with Crippen molar-refractivity contribution in [2.24, 2.45) is 5.10 Å². The molecule has 12 nitrogen and oxygen atoms in total. The van der Waals surface area contributed by atoms with Gasteiger partial charge in [0.25, 0.3) is 5.56 Å². The lowest BCUT2D eigenvalue weighted by Gasteiger charge is -2.10. The number of ether oxygens (including phenoxy) is 3. The maximum absolute atomic E-state index is 13.6. The number of rotatable bonds is 8. The molecule has 0 unspecified atom stereocenters. The van der Waals surface area contributed by atoms with Crippen LogP contribution in [0.1, 0.15) is 5.56 Å². The van der Waals surface area contributed by atoms with Crippen molar-refractivity contribution in [2.75, 3.05) is 20.8 Å². The number of nitro groups is 1. The third-order valence-corrected chi connectivity index (χ3v) is 6.07. The zero-order valence-corrected chi connectivity index (χ0v) is 21.7. The van der Waals surface area contributed by atoms with Crippen molar-refractivity contribution in [1.29, 1.82) is 0 Å². The Morgan fingerprint density at radius 1 is 1.15 bits per heavy atom. The van der Waals surface area contributed by atoms with Crippen molar-refractivity contribution in [2.45, 2.75) is 0 Å². The van der Waals surface area contributed by atoms with Gasteiger partial charge < -0.3 is 18.6 Å². The Kier molecular flexibility index (Phi) is 7.17. The fourth-order valence-electron chi connectivity index (χ4n) is 4.01. The van der Waals surface area contributed by atoms with Gasteiger partial charge >= 0.3 is 11.7 Å². The molecule has 0 radical (unpaired) electrons. The van der Waals surface area contributed by atoms with E-state index >= 15 is 0 Å². The zero-order chi connectivity index (χ0) is 28.4. The van der Waals surface area contributed by atoms with Crippen LogP contribution in [0.25, 0.3) is 33.5 Å². The second-order valence-electron chi connectivity index (χ2n) is 8.26. The number of hydrogen-bond acceptors (Lipinski definition) is 10. The molecule has 0 atom stereocenters. The molecule has 0 aliphatic carbocycles. The van der Waals surface area contributed by atoms with Crippen LogP contribution >= 0.6 is 11.6 Å². The molecule has 0 spiro atoms. The molecular weight excluding hydrogens is 544 g/mol. The number of esters is 1. The number of benzene rings is 3. The van der Waals surface area contributed by atoms with Crippen molar-refractivity contribution >= 4 is 51.3 Å². The van der Waals surface area contributed by atoms with Gasteiger partial charge in [-0.1, -0.05) is 29.8 Å². The maximum Gasteiger partial charge on any atom is 0.343 e. The summed E-state index contributed by atoms with van der Waals surface area (Å²) in [5.74, 6) is -0.208. The minimum Gasteiger partial charge on any atom is -0.496 e. The second kappa shape index (κ2) is 10.9. The highest BCUT2D eigenvalue weighted by Gasteiger charge is 2.23. The van der Waals surface area contributed by atoms with Gasteiger partial charge in [-0.15, -0.1) is 0 Å². The fourth-order valence-corrected chi connectivity index (χ4v) is 4.23. The van der Waals surface area contributed by atoms with Crippen LogP contribution in [0.4, 0.5) is 5.69 Å². The van der Waals surface area contributed by atoms with Crippen molar-refractivity contribution in [1.82, 2.24) is 9.66 Å². The molecule has 0 aliphatic rings. The standard InChI is InChI=1S/C27H19ClN4O8/c1-37-21-8-5-9-22-18(21)12-23(40-22)26-30-19-7-4-3-6-17(19)27(34)31(26)29-13-15-10-16(28)11-20(32(35)36)25(15)39-14-24(33)38-2/h3-13H,14H2,1-2H3. The van der Waals surface area contributed by atoms with Crippen molar-refractivity contribution in [3.8, 4) is 23.1 Å². The van der Waals surface area contributed by atoms with Crippen LogP contribution in [0, 0.1) is 10.1 Å². The summed E-state index contributed by atoms with van der Waals surface area (Å²) in [6.07, 6.45) is 1.15. The summed E-state index contributed by atoms with van der Waals surface area (Å²) in [6, 6.07) is 16.0. The summed E-state index contributed by atoms with van der Waals surface area (Å²) >= 11 is 6.13. The summed E-state index contributed by atoms with van der Waals surface area (Å²) in [4.78, 5) is 40.9. The Morgan fingerprint density at radius 2 is 1.95 bits per heavy atom. The molecule has 5 rings (SSSR count). The van der Waals surface area contributed by atoms with E-state index in [1.54, 1.807) is 48.5 Å². The van der Waals surface area contributed by atoms with Crippen LogP contribution in [0.5, 0.6) is 11.5 Å². The summed E-state index contributed by atoms with van der Waals surface area (Å²) in [6.45, 7) is -0.608. The lowest BCUT2D eigenvalue weighted by atomic mass is 10.2. The quantitative estimate of drug-likeness (QED) is 0.112. The third-order valence-electron chi connectivity index (χ3n) is 5.85. The third kappa shape index (κ3) is 4.95. The van der Waals surface area contributed by atoms with Crippen LogP contribution < -0.4 is 15.0 Å². The zero-order valence-electron chi connectivity index (χ0n) is 21.0. The molecule has 5 aromatic rings. The Labute approximate surface area is 230 Å². The Bertz CT molecular complexity index is 1880. The molecule has 0 saturated heterocycles. The second-order valence-corrected chi connectivity index (χ2v) is 8.70. The fraction of sp³-hybridized carbons (Fsp3) is 0.111. The van der Waals surface area contributed by atoms with E-state index in [0.717, 1.165) is 24.1 Å². The maximum atomic E-state index is 13.6. The number of hydrogen-bond donors (Lipinski definition) is 0. The number of nitro benzene ring substituents is 1. The average Bonchev–Trinajstić information content (AvgIpc) is 3.40. The van der Waals surface area contributed by atoms with Gasteiger partial charge in [-0.25, -0.2) is 9.78 Å². The lowest BCUT2D eigenvalue weighted by molar-refractivity contribution is -0.385. The highest BCUT2D eigenvalue weighted by molar-refractivity contribution is 6.31. The van der Waals surface area contributed by atoms with E-state index in [4.69, 9.17) is 25.5 Å². The lowest BCUT2D eigenvalue weighted by Crippen LogP contribution is -2.20. The molecule has 0 fully saturated rings. The smallest absolute Gasteiger partial charge is 0.343 e. The largest absolute Gasteiger partial charge is 0.496 e. The number of furan rings is 1. The number of methoxy groups -OCH3 is 2. The van der Waals surface area contributed by atoms with Gasteiger partial charge in [0.15, 0.2) is 12.4 Å². The van der Waals surface area contributed by atoms with Crippen LogP contribution in [0.15, 0.2) is 75.0 Å². The highest BCUT2D eigenvalue weighted by Crippen LogP contribution is 2.35. The van der Waals surface area contributed by atoms with Crippen LogP contribution in [-0.4, -0.2) is 47.6 Å². The van der Waals surface area contributed by atoms with Gasteiger partial charge in [0.2, 0.25) is 11.6 Å². The van der Waals surface area contributed by atoms with E-state index in [-0.39, 0.29) is 33.3 Å². The summed E-state index contributed by atoms with van der Waals surface area (Å²) in [5.41, 5.74) is -0.109. The van der Waals surface area contributed by atoms with Gasteiger partial charge in [-0.2, -0.15) is 9.78 Å². The number of fused-ring (bicyclic) bond motifs is 2. The predicted molar refractivity (Wildman–Crippen MR) is 146 cm³/mol. The first kappa shape index (κ1) is 26.4. The number of carbonyl (C=O) groups excluding carboxylic acids is 1. The van der Waals surface area contributed by atoms with Gasteiger partial charge in [0.05, 0.1) is 41.6 Å². The van der Waals surface area contributed by atoms with Gasteiger partial charge in [-0.05, 0) is 36.4 Å². The molecule has 0 N–H and O–H groups in total. The number of halogens is 1. The molecule has 0 amide bonds. The van der Waals surface area contributed by atoms with Crippen LogP contribution in [-0.2, 0) is 9.53 Å². The topological polar surface area (TPSA) is 148 Å². The monoisotopic (exact) mass is 562 g/mol. The number of para-hydroxylation sites is 1. The SMILES string of the molecule is COC(=O)COc1c(C=Nn2c(-c3cc4c(OC)cccc4o3)nc3ccccc3c2=O)cc(Cl)cc1[N+](=O)[O-]. The van der Waals surface area contributed by atoms with E-state index in [0.29, 0.717) is 22.2 Å². The first-order valence-corrected chi connectivity index (χ1v) is 12.0. The van der Waals surface area contributed by atoms with Gasteiger partial charge in [-0.3, -0.25) is 14.9 Å². The molecule has 2 heterocycles. The first-order valence-electron chi connectivity index (χ1n) is 11.6. The molecule has 0 saturated carbocycles. The number of aromatic nitrogens is 2. The highest BCUT2D eigenvalue weighted by atomic mass is 35.5. The van der Waals surface area contributed by atoms with Crippen molar-refractivity contribution in [3.05, 3.63) is 91.7 Å². The Balaban J connectivity index is 1.71. The van der Waals surface area contributed by atoms with E-state index < -0.39 is 28.7 Å². The van der Waals surface area contributed by atoms with Crippen LogP contribution in [0.2, 0.25) is 5.02 Å².